The Kier molecular flexibility index (Phi) is 4.92. The molecule has 192 valence electrons. The molecule has 0 radical (unpaired) electrons. The molecular weight excluding hydrogens is 586 g/mol. The smallest absolute Gasteiger partial charge is 0.235 e. The molecule has 3 aromatic heterocycles. The number of aromatic nitrogens is 3. The second-order valence-electron chi connectivity index (χ2n) is 10.3. The van der Waals surface area contributed by atoms with Crippen molar-refractivity contribution in [2.75, 3.05) is 0 Å². The molecular formula is C36H20BrN3S. The van der Waals surface area contributed by atoms with E-state index < -0.39 is 0 Å². The molecule has 6 aromatic carbocycles. The molecule has 0 bridgehead atoms. The normalized spacial score (nSPS) is 12.0. The fourth-order valence-electron chi connectivity index (χ4n) is 6.27. The maximum Gasteiger partial charge on any atom is 0.235 e. The minimum Gasteiger partial charge on any atom is -0.277 e. The summed E-state index contributed by atoms with van der Waals surface area (Å²) in [6, 6.07) is 42.8. The van der Waals surface area contributed by atoms with Gasteiger partial charge < -0.3 is 0 Å². The van der Waals surface area contributed by atoms with E-state index in [1.165, 1.54) is 36.3 Å². The average Bonchev–Trinajstić information content (AvgIpc) is 3.57. The first-order valence-electron chi connectivity index (χ1n) is 13.5. The van der Waals surface area contributed by atoms with Crippen molar-refractivity contribution in [3.8, 4) is 17.2 Å². The van der Waals surface area contributed by atoms with Gasteiger partial charge in [-0.3, -0.25) is 4.57 Å². The number of benzene rings is 6. The minimum atomic E-state index is 0.679. The van der Waals surface area contributed by atoms with Gasteiger partial charge in [0.1, 0.15) is 0 Å². The van der Waals surface area contributed by atoms with Crippen LogP contribution in [0.1, 0.15) is 0 Å². The zero-order chi connectivity index (χ0) is 27.1. The second kappa shape index (κ2) is 8.71. The molecule has 3 nitrogen and oxygen atoms in total. The minimum absolute atomic E-state index is 0.679. The van der Waals surface area contributed by atoms with E-state index in [-0.39, 0.29) is 0 Å². The van der Waals surface area contributed by atoms with E-state index in [0.717, 1.165) is 43.1 Å². The van der Waals surface area contributed by atoms with Gasteiger partial charge in [-0.15, -0.1) is 11.3 Å². The van der Waals surface area contributed by atoms with Crippen molar-refractivity contribution in [1.82, 2.24) is 14.5 Å². The first-order valence-corrected chi connectivity index (χ1v) is 15.2. The van der Waals surface area contributed by atoms with E-state index in [9.17, 15) is 0 Å². The third-order valence-electron chi connectivity index (χ3n) is 8.06. The largest absolute Gasteiger partial charge is 0.277 e. The highest BCUT2D eigenvalue weighted by molar-refractivity contribution is 9.10. The van der Waals surface area contributed by atoms with Crippen molar-refractivity contribution >= 4 is 90.9 Å². The molecule has 0 unspecified atom stereocenters. The van der Waals surface area contributed by atoms with Crippen LogP contribution in [0.5, 0.6) is 0 Å². The number of hydrogen-bond donors (Lipinski definition) is 0. The molecule has 0 aliphatic heterocycles. The predicted octanol–water partition coefficient (Wildman–Crippen LogP) is 10.7. The summed E-state index contributed by atoms with van der Waals surface area (Å²) in [5.41, 5.74) is 5.20. The fraction of sp³-hybridized carbons (Fsp3) is 0. The Hall–Kier alpha value is -4.58. The van der Waals surface area contributed by atoms with Crippen LogP contribution in [-0.4, -0.2) is 14.5 Å². The Labute approximate surface area is 247 Å². The zero-order valence-electron chi connectivity index (χ0n) is 21.7. The van der Waals surface area contributed by atoms with Crippen LogP contribution in [0.3, 0.4) is 0 Å². The Morgan fingerprint density at radius 2 is 1.34 bits per heavy atom. The molecule has 9 rings (SSSR count). The van der Waals surface area contributed by atoms with Gasteiger partial charge >= 0.3 is 0 Å². The van der Waals surface area contributed by atoms with E-state index in [1.807, 2.05) is 17.4 Å². The predicted molar refractivity (Wildman–Crippen MR) is 177 cm³/mol. The number of rotatable bonds is 2. The summed E-state index contributed by atoms with van der Waals surface area (Å²) >= 11 is 5.74. The number of para-hydroxylation sites is 1. The number of thiophene rings is 1. The highest BCUT2D eigenvalue weighted by Gasteiger charge is 2.22. The molecule has 0 atom stereocenters. The molecule has 0 N–H and O–H groups in total. The van der Waals surface area contributed by atoms with Crippen LogP contribution in [0.2, 0.25) is 0 Å². The quantitative estimate of drug-likeness (QED) is 0.183. The van der Waals surface area contributed by atoms with Crippen molar-refractivity contribution in [3.05, 3.63) is 126 Å². The summed E-state index contributed by atoms with van der Waals surface area (Å²) < 4.78 is 5.89. The lowest BCUT2D eigenvalue weighted by Gasteiger charge is -2.14. The molecule has 0 aliphatic rings. The molecule has 3 heterocycles. The SMILES string of the molecule is Brc1cc2c3ccccc3n(-c3nc(-c4ccccc4)c4ccc5ccccc5c4n3)c2c2c1sc1ccccc12. The summed E-state index contributed by atoms with van der Waals surface area (Å²) in [5, 5.41) is 8.19. The van der Waals surface area contributed by atoms with Crippen molar-refractivity contribution in [2.45, 2.75) is 0 Å². The Balaban J connectivity index is 1.53. The van der Waals surface area contributed by atoms with Gasteiger partial charge in [0.25, 0.3) is 0 Å². The lowest BCUT2D eigenvalue weighted by molar-refractivity contribution is 1.02. The molecule has 0 amide bonds. The third kappa shape index (κ3) is 3.30. The van der Waals surface area contributed by atoms with Crippen LogP contribution < -0.4 is 0 Å². The summed E-state index contributed by atoms with van der Waals surface area (Å²) in [6.45, 7) is 0. The van der Waals surface area contributed by atoms with Gasteiger partial charge in [0, 0.05) is 47.1 Å². The van der Waals surface area contributed by atoms with E-state index in [0.29, 0.717) is 5.95 Å². The maximum absolute atomic E-state index is 5.37. The zero-order valence-corrected chi connectivity index (χ0v) is 24.1. The lowest BCUT2D eigenvalue weighted by Crippen LogP contribution is -2.04. The number of hydrogen-bond acceptors (Lipinski definition) is 3. The molecule has 0 spiro atoms. The van der Waals surface area contributed by atoms with Crippen LogP contribution in [0.25, 0.3) is 80.9 Å². The van der Waals surface area contributed by atoms with Gasteiger partial charge in [-0.25, -0.2) is 9.97 Å². The Morgan fingerprint density at radius 3 is 2.22 bits per heavy atom. The summed E-state index contributed by atoms with van der Waals surface area (Å²) in [6.07, 6.45) is 0. The number of fused-ring (bicyclic) bond motifs is 10. The van der Waals surface area contributed by atoms with E-state index >= 15 is 0 Å². The van der Waals surface area contributed by atoms with Crippen LogP contribution in [0.15, 0.2) is 126 Å². The molecule has 0 aliphatic carbocycles. The van der Waals surface area contributed by atoms with Gasteiger partial charge in [0.15, 0.2) is 0 Å². The van der Waals surface area contributed by atoms with Crippen LogP contribution in [-0.2, 0) is 0 Å². The van der Waals surface area contributed by atoms with Gasteiger partial charge in [0.2, 0.25) is 5.95 Å². The van der Waals surface area contributed by atoms with E-state index in [2.05, 4.69) is 136 Å². The van der Waals surface area contributed by atoms with Crippen molar-refractivity contribution in [1.29, 1.82) is 0 Å². The highest BCUT2D eigenvalue weighted by Crippen LogP contribution is 2.46. The maximum atomic E-state index is 5.37. The molecule has 0 saturated carbocycles. The van der Waals surface area contributed by atoms with Crippen molar-refractivity contribution in [2.24, 2.45) is 0 Å². The Bertz CT molecular complexity index is 2490. The second-order valence-corrected chi connectivity index (χ2v) is 12.2. The number of nitrogens with zero attached hydrogens (tertiary/aromatic N) is 3. The van der Waals surface area contributed by atoms with Crippen molar-refractivity contribution < 1.29 is 0 Å². The monoisotopic (exact) mass is 605 g/mol. The molecule has 41 heavy (non-hydrogen) atoms. The molecule has 9 aromatic rings. The summed E-state index contributed by atoms with van der Waals surface area (Å²) in [5.74, 6) is 0.679. The van der Waals surface area contributed by atoms with E-state index in [4.69, 9.17) is 9.97 Å². The fourth-order valence-corrected chi connectivity index (χ4v) is 8.06. The standard InChI is InChI=1S/C36H20BrN3S/c37-28-20-27-24-14-6-8-16-29(24)40(34(27)31-25-15-7-9-17-30(25)41-35(28)31)36-38-32(22-11-2-1-3-12-22)26-19-18-21-10-4-5-13-23(21)33(26)39-36/h1-20H. The average molecular weight is 607 g/mol. The first-order chi connectivity index (χ1) is 20.3. The van der Waals surface area contributed by atoms with Crippen LogP contribution in [0, 0.1) is 0 Å². The highest BCUT2D eigenvalue weighted by atomic mass is 79.9. The van der Waals surface area contributed by atoms with Gasteiger partial charge in [-0.2, -0.15) is 0 Å². The van der Waals surface area contributed by atoms with Gasteiger partial charge in [0.05, 0.1) is 26.9 Å². The van der Waals surface area contributed by atoms with Crippen molar-refractivity contribution in [3.63, 3.8) is 0 Å². The lowest BCUT2D eigenvalue weighted by atomic mass is 10.0. The van der Waals surface area contributed by atoms with Crippen LogP contribution in [0.4, 0.5) is 0 Å². The molecule has 0 fully saturated rings. The summed E-state index contributed by atoms with van der Waals surface area (Å²) in [7, 11) is 0. The first kappa shape index (κ1) is 23.2. The molecule has 0 saturated heterocycles. The van der Waals surface area contributed by atoms with E-state index in [1.54, 1.807) is 0 Å². The Morgan fingerprint density at radius 1 is 0.610 bits per heavy atom. The molecule has 5 heteroatoms. The number of halogens is 1. The van der Waals surface area contributed by atoms with Crippen LogP contribution >= 0.6 is 27.3 Å². The van der Waals surface area contributed by atoms with Gasteiger partial charge in [-0.1, -0.05) is 97.1 Å². The summed E-state index contributed by atoms with van der Waals surface area (Å²) in [4.78, 5) is 10.7. The topological polar surface area (TPSA) is 30.7 Å². The van der Waals surface area contributed by atoms with Gasteiger partial charge in [-0.05, 0) is 45.6 Å². The third-order valence-corrected chi connectivity index (χ3v) is 10.2.